The minimum atomic E-state index is -2.93. The molecule has 0 fully saturated rings. The summed E-state index contributed by atoms with van der Waals surface area (Å²) in [6.07, 6.45) is 4.47. The van der Waals surface area contributed by atoms with E-state index < -0.39 is 15.7 Å². The quantitative estimate of drug-likeness (QED) is 0.320. The van der Waals surface area contributed by atoms with Crippen LogP contribution in [0.5, 0.6) is 0 Å². The second kappa shape index (κ2) is 8.52. The highest BCUT2D eigenvalue weighted by atomic mass is 31.2. The van der Waals surface area contributed by atoms with Crippen LogP contribution >= 0.6 is 7.60 Å². The van der Waals surface area contributed by atoms with E-state index in [9.17, 15) is 4.57 Å². The number of hydrogen-bond acceptors (Lipinski definition) is 3. The van der Waals surface area contributed by atoms with Gasteiger partial charge in [0.25, 0.3) is 0 Å². The van der Waals surface area contributed by atoms with Crippen LogP contribution in [0.2, 0.25) is 19.6 Å². The molecular formula is C13H31O3PSi. The van der Waals surface area contributed by atoms with Crippen molar-refractivity contribution in [3.8, 4) is 0 Å². The Morgan fingerprint density at radius 3 is 1.83 bits per heavy atom. The van der Waals surface area contributed by atoms with E-state index in [1.807, 2.05) is 13.8 Å². The predicted octanol–water partition coefficient (Wildman–Crippen LogP) is 5.08. The van der Waals surface area contributed by atoms with Crippen LogP contribution in [0.25, 0.3) is 0 Å². The molecule has 18 heavy (non-hydrogen) atoms. The van der Waals surface area contributed by atoms with E-state index in [2.05, 4.69) is 26.6 Å². The third-order valence-corrected chi connectivity index (χ3v) is 10.9. The fourth-order valence-electron chi connectivity index (χ4n) is 2.23. The lowest BCUT2D eigenvalue weighted by atomic mass is 10.2. The maximum atomic E-state index is 12.9. The van der Waals surface area contributed by atoms with Gasteiger partial charge >= 0.3 is 7.60 Å². The lowest BCUT2D eigenvalue weighted by Gasteiger charge is -2.34. The molecule has 0 saturated carbocycles. The number of unbranched alkanes of at least 4 members (excludes halogenated alkanes) is 2. The Kier molecular flexibility index (Phi) is 8.69. The molecule has 0 aliphatic carbocycles. The van der Waals surface area contributed by atoms with Crippen LogP contribution in [0.15, 0.2) is 0 Å². The Hall–Kier alpha value is 0.367. The molecule has 0 rings (SSSR count). The summed E-state index contributed by atoms with van der Waals surface area (Å²) in [5.74, 6) is 0. The predicted molar refractivity (Wildman–Crippen MR) is 82.1 cm³/mol. The fourth-order valence-corrected chi connectivity index (χ4v) is 9.20. The maximum absolute atomic E-state index is 12.9. The summed E-state index contributed by atoms with van der Waals surface area (Å²) < 4.78 is 24.1. The Morgan fingerprint density at radius 1 is 1.00 bits per heavy atom. The monoisotopic (exact) mass is 294 g/mol. The lowest BCUT2D eigenvalue weighted by molar-refractivity contribution is 0.216. The SMILES string of the molecule is CCCCCC([Si](C)(C)C)P(=O)(OCC)OCC. The van der Waals surface area contributed by atoms with E-state index in [0.29, 0.717) is 13.2 Å². The zero-order valence-corrected chi connectivity index (χ0v) is 14.9. The molecular weight excluding hydrogens is 263 g/mol. The van der Waals surface area contributed by atoms with Gasteiger partial charge in [0.05, 0.1) is 26.6 Å². The summed E-state index contributed by atoms with van der Waals surface area (Å²) in [5, 5.41) is 0.122. The fraction of sp³-hybridized carbons (Fsp3) is 1.00. The van der Waals surface area contributed by atoms with Crippen molar-refractivity contribution in [3.63, 3.8) is 0 Å². The highest BCUT2D eigenvalue weighted by Gasteiger charge is 2.43. The first-order valence-corrected chi connectivity index (χ1v) is 12.4. The highest BCUT2D eigenvalue weighted by Crippen LogP contribution is 2.57. The minimum absolute atomic E-state index is 0.122. The van der Waals surface area contributed by atoms with Crippen molar-refractivity contribution in [2.24, 2.45) is 0 Å². The summed E-state index contributed by atoms with van der Waals surface area (Å²) in [5.41, 5.74) is 0. The van der Waals surface area contributed by atoms with Gasteiger partial charge in [0, 0.05) is 0 Å². The molecule has 0 amide bonds. The van der Waals surface area contributed by atoms with E-state index in [4.69, 9.17) is 9.05 Å². The van der Waals surface area contributed by atoms with E-state index in [1.165, 1.54) is 12.8 Å². The second-order valence-electron chi connectivity index (χ2n) is 5.75. The van der Waals surface area contributed by atoms with E-state index >= 15 is 0 Å². The van der Waals surface area contributed by atoms with Crippen LogP contribution in [0.4, 0.5) is 0 Å². The third kappa shape index (κ3) is 6.01. The van der Waals surface area contributed by atoms with Crippen molar-refractivity contribution in [2.75, 3.05) is 13.2 Å². The molecule has 0 bridgehead atoms. The molecule has 0 radical (unpaired) electrons. The second-order valence-corrected chi connectivity index (χ2v) is 13.9. The molecule has 0 saturated heterocycles. The first kappa shape index (κ1) is 18.4. The Bertz CT molecular complexity index is 253. The average Bonchev–Trinajstić information content (AvgIpc) is 2.23. The van der Waals surface area contributed by atoms with Gasteiger partial charge in [-0.05, 0) is 20.3 Å². The zero-order chi connectivity index (χ0) is 14.2. The molecule has 1 unspecified atom stereocenters. The summed E-state index contributed by atoms with van der Waals surface area (Å²) in [7, 11) is -4.49. The Labute approximate surface area is 114 Å². The molecule has 0 aliphatic rings. The van der Waals surface area contributed by atoms with Gasteiger partial charge < -0.3 is 9.05 Å². The van der Waals surface area contributed by atoms with Gasteiger partial charge in [-0.15, -0.1) is 0 Å². The maximum Gasteiger partial charge on any atom is 0.331 e. The highest BCUT2D eigenvalue weighted by molar-refractivity contribution is 7.58. The summed E-state index contributed by atoms with van der Waals surface area (Å²) >= 11 is 0. The largest absolute Gasteiger partial charge is 0.331 e. The first-order valence-electron chi connectivity index (χ1n) is 7.20. The zero-order valence-electron chi connectivity index (χ0n) is 13.0. The molecule has 110 valence electrons. The molecule has 0 aliphatic heterocycles. The van der Waals surface area contributed by atoms with Crippen LogP contribution in [0.1, 0.15) is 46.5 Å². The van der Waals surface area contributed by atoms with Gasteiger partial charge in [0.1, 0.15) is 0 Å². The van der Waals surface area contributed by atoms with Crippen molar-refractivity contribution >= 4 is 15.7 Å². The van der Waals surface area contributed by atoms with E-state index in [1.54, 1.807) is 0 Å². The van der Waals surface area contributed by atoms with Crippen LogP contribution in [0, 0.1) is 0 Å². The van der Waals surface area contributed by atoms with Crippen LogP contribution in [0.3, 0.4) is 0 Å². The van der Waals surface area contributed by atoms with Crippen molar-refractivity contribution in [1.29, 1.82) is 0 Å². The summed E-state index contributed by atoms with van der Waals surface area (Å²) in [4.78, 5) is 0. The molecule has 1 atom stereocenters. The molecule has 0 N–H and O–H groups in total. The third-order valence-electron chi connectivity index (χ3n) is 3.08. The molecule has 0 aromatic heterocycles. The van der Waals surface area contributed by atoms with Crippen molar-refractivity contribution in [3.05, 3.63) is 0 Å². The van der Waals surface area contributed by atoms with Crippen molar-refractivity contribution in [1.82, 2.24) is 0 Å². The van der Waals surface area contributed by atoms with Crippen molar-refractivity contribution < 1.29 is 13.6 Å². The number of rotatable bonds is 10. The smallest absolute Gasteiger partial charge is 0.309 e. The minimum Gasteiger partial charge on any atom is -0.309 e. The molecule has 0 aromatic rings. The summed E-state index contributed by atoms with van der Waals surface area (Å²) in [6, 6.07) is 0. The van der Waals surface area contributed by atoms with Gasteiger partial charge in [0.15, 0.2) is 0 Å². The van der Waals surface area contributed by atoms with E-state index in [0.717, 1.165) is 12.8 Å². The number of hydrogen-bond donors (Lipinski definition) is 0. The van der Waals surface area contributed by atoms with Crippen LogP contribution in [-0.2, 0) is 13.6 Å². The lowest BCUT2D eigenvalue weighted by Crippen LogP contribution is -2.39. The van der Waals surface area contributed by atoms with Crippen LogP contribution < -0.4 is 0 Å². The van der Waals surface area contributed by atoms with Gasteiger partial charge in [0.2, 0.25) is 0 Å². The average molecular weight is 294 g/mol. The Balaban J connectivity index is 4.93. The molecule has 0 aromatic carbocycles. The van der Waals surface area contributed by atoms with Crippen molar-refractivity contribution in [2.45, 2.75) is 71.4 Å². The van der Waals surface area contributed by atoms with E-state index in [-0.39, 0.29) is 5.28 Å². The van der Waals surface area contributed by atoms with Gasteiger partial charge in [-0.2, -0.15) is 0 Å². The molecule has 0 spiro atoms. The topological polar surface area (TPSA) is 35.5 Å². The van der Waals surface area contributed by atoms with Gasteiger partial charge in [-0.3, -0.25) is 4.57 Å². The van der Waals surface area contributed by atoms with Gasteiger partial charge in [-0.1, -0.05) is 45.8 Å². The standard InChI is InChI=1S/C13H31O3PSi/c1-7-10-11-12-13(18(4,5)6)17(14,15-8-2)16-9-3/h13H,7-12H2,1-6H3. The molecule has 0 heterocycles. The normalized spacial score (nSPS) is 14.8. The Morgan fingerprint density at radius 2 is 1.50 bits per heavy atom. The first-order chi connectivity index (χ1) is 8.31. The van der Waals surface area contributed by atoms with Gasteiger partial charge in [-0.25, -0.2) is 0 Å². The van der Waals surface area contributed by atoms with Crippen LogP contribution in [-0.4, -0.2) is 26.6 Å². The summed E-state index contributed by atoms with van der Waals surface area (Å²) in [6.45, 7) is 13.7. The molecule has 3 nitrogen and oxygen atoms in total. The molecule has 5 heteroatoms.